The maximum atomic E-state index is 12.1. The lowest BCUT2D eigenvalue weighted by Crippen LogP contribution is -2.43. The number of nitrogens with one attached hydrogen (secondary N) is 1. The highest BCUT2D eigenvalue weighted by atomic mass is 32.1. The first-order valence-corrected chi connectivity index (χ1v) is 7.52. The van der Waals surface area contributed by atoms with Crippen LogP contribution in [0.1, 0.15) is 47.5 Å². The molecule has 1 aromatic heterocycles. The van der Waals surface area contributed by atoms with Crippen molar-refractivity contribution in [2.45, 2.75) is 46.1 Å². The quantitative estimate of drug-likeness (QED) is 0.871. The minimum atomic E-state index is 0.0884. The summed E-state index contributed by atoms with van der Waals surface area (Å²) in [4.78, 5) is 16.7. The number of likely N-dealkylation sites (tertiary alicyclic amines) is 1. The number of carbonyl (C=O) groups is 1. The molecule has 0 saturated carbocycles. The highest BCUT2D eigenvalue weighted by molar-refractivity contribution is 7.12. The van der Waals surface area contributed by atoms with Crippen molar-refractivity contribution < 1.29 is 4.79 Å². The Bertz CT molecular complexity index is 421. The van der Waals surface area contributed by atoms with Crippen molar-refractivity contribution in [2.24, 2.45) is 0 Å². The van der Waals surface area contributed by atoms with E-state index in [1.54, 1.807) is 11.3 Å². The third-order valence-corrected chi connectivity index (χ3v) is 4.51. The monoisotopic (exact) mass is 266 g/mol. The number of amides is 2. The van der Waals surface area contributed by atoms with Crippen molar-refractivity contribution >= 4 is 17.4 Å². The predicted molar refractivity (Wildman–Crippen MR) is 76.2 cm³/mol. The summed E-state index contributed by atoms with van der Waals surface area (Å²) >= 11 is 1.80. The van der Waals surface area contributed by atoms with E-state index >= 15 is 0 Å². The summed E-state index contributed by atoms with van der Waals surface area (Å²) in [6.45, 7) is 8.10. The van der Waals surface area contributed by atoms with E-state index in [4.69, 9.17) is 0 Å². The van der Waals surface area contributed by atoms with E-state index < -0.39 is 0 Å². The second kappa shape index (κ2) is 5.74. The van der Waals surface area contributed by atoms with Crippen LogP contribution in [0, 0.1) is 13.8 Å². The van der Waals surface area contributed by atoms with Gasteiger partial charge in [-0.2, -0.15) is 0 Å². The van der Waals surface area contributed by atoms with E-state index in [1.807, 2.05) is 4.90 Å². The van der Waals surface area contributed by atoms with Crippen molar-refractivity contribution in [1.29, 1.82) is 0 Å². The third kappa shape index (κ3) is 3.05. The van der Waals surface area contributed by atoms with Crippen LogP contribution < -0.4 is 5.32 Å². The molecule has 1 N–H and O–H groups in total. The fourth-order valence-corrected chi connectivity index (χ4v) is 3.55. The van der Waals surface area contributed by atoms with Gasteiger partial charge in [0, 0.05) is 22.8 Å². The predicted octanol–water partition coefficient (Wildman–Crippen LogP) is 3.62. The van der Waals surface area contributed by atoms with Crippen LogP contribution in [0.4, 0.5) is 4.79 Å². The lowest BCUT2D eigenvalue weighted by atomic mass is 10.1. The van der Waals surface area contributed by atoms with E-state index in [2.05, 4.69) is 32.2 Å². The third-order valence-electron chi connectivity index (χ3n) is 3.53. The first kappa shape index (κ1) is 13.4. The Balaban J connectivity index is 1.96. The molecule has 2 amide bonds. The average Bonchev–Trinajstić information content (AvgIpc) is 2.69. The molecule has 0 aromatic carbocycles. The second-order valence-electron chi connectivity index (χ2n) is 5.09. The number of urea groups is 1. The van der Waals surface area contributed by atoms with Gasteiger partial charge >= 0.3 is 6.03 Å². The SMILES string of the molecule is Cc1cc(C(C)NC(=O)N2CCCCC2)c(C)s1. The molecule has 1 atom stereocenters. The molecule has 1 aliphatic heterocycles. The molecule has 0 spiro atoms. The molecule has 2 heterocycles. The maximum absolute atomic E-state index is 12.1. The van der Waals surface area contributed by atoms with Gasteiger partial charge in [-0.3, -0.25) is 0 Å². The van der Waals surface area contributed by atoms with Gasteiger partial charge in [0.2, 0.25) is 0 Å². The fourth-order valence-electron chi connectivity index (χ4n) is 2.53. The highest BCUT2D eigenvalue weighted by Gasteiger charge is 2.19. The summed E-state index contributed by atoms with van der Waals surface area (Å²) < 4.78 is 0. The van der Waals surface area contributed by atoms with E-state index in [0.29, 0.717) is 0 Å². The van der Waals surface area contributed by atoms with Gasteiger partial charge in [0.05, 0.1) is 6.04 Å². The normalized spacial score (nSPS) is 17.6. The molecule has 2 rings (SSSR count). The second-order valence-corrected chi connectivity index (χ2v) is 6.55. The summed E-state index contributed by atoms with van der Waals surface area (Å²) in [6.07, 6.45) is 3.53. The molecule has 0 radical (unpaired) electrons. The Morgan fingerprint density at radius 2 is 2.00 bits per heavy atom. The molecule has 1 saturated heterocycles. The number of nitrogens with zero attached hydrogens (tertiary/aromatic N) is 1. The van der Waals surface area contributed by atoms with Gasteiger partial charge in [-0.15, -0.1) is 11.3 Å². The molecule has 0 aliphatic carbocycles. The van der Waals surface area contributed by atoms with Crippen LogP contribution in [0.5, 0.6) is 0 Å². The van der Waals surface area contributed by atoms with Gasteiger partial charge in [0.25, 0.3) is 0 Å². The number of rotatable bonds is 2. The molecule has 0 bridgehead atoms. The zero-order valence-electron chi connectivity index (χ0n) is 11.5. The minimum absolute atomic E-state index is 0.0884. The maximum Gasteiger partial charge on any atom is 0.317 e. The Kier molecular flexibility index (Phi) is 4.27. The van der Waals surface area contributed by atoms with Gasteiger partial charge in [0.1, 0.15) is 0 Å². The Hall–Kier alpha value is -1.03. The fraction of sp³-hybridized carbons (Fsp3) is 0.643. The first-order chi connectivity index (χ1) is 8.58. The molecular formula is C14H22N2OS. The molecule has 3 nitrogen and oxygen atoms in total. The van der Waals surface area contributed by atoms with Crippen LogP contribution in [-0.4, -0.2) is 24.0 Å². The summed E-state index contributed by atoms with van der Waals surface area (Å²) in [6, 6.07) is 2.37. The summed E-state index contributed by atoms with van der Waals surface area (Å²) in [7, 11) is 0. The zero-order chi connectivity index (χ0) is 13.1. The van der Waals surface area contributed by atoms with Crippen molar-refractivity contribution in [1.82, 2.24) is 10.2 Å². The standard InChI is InChI=1S/C14H22N2OS/c1-10-9-13(12(3)18-10)11(2)15-14(17)16-7-5-4-6-8-16/h9,11H,4-8H2,1-3H3,(H,15,17). The largest absolute Gasteiger partial charge is 0.331 e. The van der Waals surface area contributed by atoms with Crippen molar-refractivity contribution in [2.75, 3.05) is 13.1 Å². The van der Waals surface area contributed by atoms with E-state index in [-0.39, 0.29) is 12.1 Å². The number of thiophene rings is 1. The topological polar surface area (TPSA) is 32.3 Å². The Morgan fingerprint density at radius 3 is 2.56 bits per heavy atom. The van der Waals surface area contributed by atoms with Crippen LogP contribution >= 0.6 is 11.3 Å². The smallest absolute Gasteiger partial charge is 0.317 e. The highest BCUT2D eigenvalue weighted by Crippen LogP contribution is 2.26. The van der Waals surface area contributed by atoms with Crippen molar-refractivity contribution in [3.8, 4) is 0 Å². The van der Waals surface area contributed by atoms with Gasteiger partial charge in [-0.1, -0.05) is 0 Å². The van der Waals surface area contributed by atoms with E-state index in [1.165, 1.54) is 21.7 Å². The molecule has 4 heteroatoms. The van der Waals surface area contributed by atoms with Crippen molar-refractivity contribution in [3.05, 3.63) is 21.4 Å². The lowest BCUT2D eigenvalue weighted by Gasteiger charge is -2.28. The van der Waals surface area contributed by atoms with Crippen LogP contribution in [0.3, 0.4) is 0 Å². The van der Waals surface area contributed by atoms with Crippen molar-refractivity contribution in [3.63, 3.8) is 0 Å². The van der Waals surface area contributed by atoms with E-state index in [9.17, 15) is 4.79 Å². The number of hydrogen-bond acceptors (Lipinski definition) is 2. The number of aryl methyl sites for hydroxylation is 2. The summed E-state index contributed by atoms with van der Waals surface area (Å²) in [5, 5.41) is 3.11. The number of carbonyl (C=O) groups excluding carboxylic acids is 1. The van der Waals surface area contributed by atoms with Gasteiger partial charge in [-0.05, 0) is 51.7 Å². The first-order valence-electron chi connectivity index (χ1n) is 6.70. The van der Waals surface area contributed by atoms with Gasteiger partial charge in [-0.25, -0.2) is 4.79 Å². The molecule has 1 aliphatic rings. The summed E-state index contributed by atoms with van der Waals surface area (Å²) in [5.74, 6) is 0. The van der Waals surface area contributed by atoms with Crippen LogP contribution in [-0.2, 0) is 0 Å². The average molecular weight is 266 g/mol. The van der Waals surface area contributed by atoms with Crippen LogP contribution in [0.2, 0.25) is 0 Å². The van der Waals surface area contributed by atoms with Gasteiger partial charge < -0.3 is 10.2 Å². The number of hydrogen-bond donors (Lipinski definition) is 1. The molecular weight excluding hydrogens is 244 g/mol. The van der Waals surface area contributed by atoms with Crippen LogP contribution in [0.15, 0.2) is 6.07 Å². The minimum Gasteiger partial charge on any atom is -0.331 e. The Morgan fingerprint density at radius 1 is 1.33 bits per heavy atom. The molecule has 100 valence electrons. The Labute approximate surface area is 113 Å². The van der Waals surface area contributed by atoms with Gasteiger partial charge in [0.15, 0.2) is 0 Å². The number of piperidine rings is 1. The molecule has 1 aromatic rings. The molecule has 18 heavy (non-hydrogen) atoms. The lowest BCUT2D eigenvalue weighted by molar-refractivity contribution is 0.183. The zero-order valence-corrected chi connectivity index (χ0v) is 12.3. The van der Waals surface area contributed by atoms with Crippen LogP contribution in [0.25, 0.3) is 0 Å². The molecule has 1 unspecified atom stereocenters. The van der Waals surface area contributed by atoms with E-state index in [0.717, 1.165) is 25.9 Å². The summed E-state index contributed by atoms with van der Waals surface area (Å²) in [5.41, 5.74) is 1.25. The molecule has 1 fully saturated rings.